The van der Waals surface area contributed by atoms with Crippen molar-refractivity contribution in [2.24, 2.45) is 0 Å². The monoisotopic (exact) mass is 235 g/mol. The SMILES string of the molecule is CCNC1c2cccc(OCC)c2OC1CC. The Morgan fingerprint density at radius 1 is 1.29 bits per heavy atom. The molecule has 1 heterocycles. The third kappa shape index (κ3) is 2.25. The lowest BCUT2D eigenvalue weighted by atomic mass is 10.0. The van der Waals surface area contributed by atoms with Gasteiger partial charge in [0.1, 0.15) is 6.10 Å². The highest BCUT2D eigenvalue weighted by atomic mass is 16.5. The highest BCUT2D eigenvalue weighted by Gasteiger charge is 2.34. The van der Waals surface area contributed by atoms with E-state index < -0.39 is 0 Å². The summed E-state index contributed by atoms with van der Waals surface area (Å²) in [6.07, 6.45) is 1.21. The molecule has 0 spiro atoms. The third-order valence-electron chi connectivity index (χ3n) is 3.11. The Balaban J connectivity index is 2.32. The van der Waals surface area contributed by atoms with Crippen LogP contribution in [0.15, 0.2) is 18.2 Å². The number of nitrogens with one attached hydrogen (secondary N) is 1. The number of likely N-dealkylation sites (N-methyl/N-ethyl adjacent to an activating group) is 1. The predicted molar refractivity (Wildman–Crippen MR) is 68.7 cm³/mol. The number of hydrogen-bond acceptors (Lipinski definition) is 3. The molecule has 2 unspecified atom stereocenters. The minimum Gasteiger partial charge on any atom is -0.490 e. The minimum absolute atomic E-state index is 0.214. The second-order valence-electron chi connectivity index (χ2n) is 4.21. The van der Waals surface area contributed by atoms with Gasteiger partial charge in [-0.15, -0.1) is 0 Å². The van der Waals surface area contributed by atoms with Crippen molar-refractivity contribution in [3.63, 3.8) is 0 Å². The topological polar surface area (TPSA) is 30.5 Å². The molecule has 1 N–H and O–H groups in total. The molecule has 2 rings (SSSR count). The molecule has 1 aliphatic heterocycles. The van der Waals surface area contributed by atoms with Gasteiger partial charge >= 0.3 is 0 Å². The third-order valence-corrected chi connectivity index (χ3v) is 3.11. The Kier molecular flexibility index (Phi) is 3.89. The van der Waals surface area contributed by atoms with E-state index in [1.54, 1.807) is 0 Å². The molecule has 0 amide bonds. The normalized spacial score (nSPS) is 22.1. The molecule has 1 aromatic carbocycles. The Labute approximate surface area is 103 Å². The van der Waals surface area contributed by atoms with E-state index in [1.807, 2.05) is 19.1 Å². The number of ether oxygens (including phenoxy) is 2. The average Bonchev–Trinajstić information content (AvgIpc) is 2.70. The largest absolute Gasteiger partial charge is 0.490 e. The summed E-state index contributed by atoms with van der Waals surface area (Å²) < 4.78 is 11.6. The Bertz CT molecular complexity index is 378. The van der Waals surface area contributed by atoms with Gasteiger partial charge in [0.15, 0.2) is 11.5 Å². The van der Waals surface area contributed by atoms with E-state index in [0.717, 1.165) is 24.5 Å². The van der Waals surface area contributed by atoms with Crippen LogP contribution >= 0.6 is 0 Å². The van der Waals surface area contributed by atoms with Crippen molar-refractivity contribution >= 4 is 0 Å². The van der Waals surface area contributed by atoms with E-state index >= 15 is 0 Å². The van der Waals surface area contributed by atoms with Crippen LogP contribution in [-0.4, -0.2) is 19.3 Å². The minimum atomic E-state index is 0.214. The summed E-state index contributed by atoms with van der Waals surface area (Å²) in [4.78, 5) is 0. The van der Waals surface area contributed by atoms with Crippen LogP contribution in [0.5, 0.6) is 11.5 Å². The van der Waals surface area contributed by atoms with Crippen molar-refractivity contribution in [2.45, 2.75) is 39.3 Å². The maximum Gasteiger partial charge on any atom is 0.166 e. The first-order valence-corrected chi connectivity index (χ1v) is 6.47. The van der Waals surface area contributed by atoms with E-state index in [2.05, 4.69) is 25.2 Å². The summed E-state index contributed by atoms with van der Waals surface area (Å²) in [6, 6.07) is 6.43. The average molecular weight is 235 g/mol. The van der Waals surface area contributed by atoms with Gasteiger partial charge in [-0.1, -0.05) is 26.0 Å². The molecular formula is C14H21NO2. The lowest BCUT2D eigenvalue weighted by Crippen LogP contribution is -2.30. The standard InChI is InChI=1S/C14H21NO2/c1-4-11-13(15-5-2)10-8-7-9-12(16-6-3)14(10)17-11/h7-9,11,13,15H,4-6H2,1-3H3. The lowest BCUT2D eigenvalue weighted by molar-refractivity contribution is 0.179. The number of hydrogen-bond donors (Lipinski definition) is 1. The number of rotatable bonds is 5. The van der Waals surface area contributed by atoms with E-state index in [4.69, 9.17) is 9.47 Å². The van der Waals surface area contributed by atoms with Crippen LogP contribution in [0, 0.1) is 0 Å². The van der Waals surface area contributed by atoms with Gasteiger partial charge < -0.3 is 14.8 Å². The van der Waals surface area contributed by atoms with Gasteiger partial charge in [0.2, 0.25) is 0 Å². The summed E-state index contributed by atoms with van der Waals surface area (Å²) in [5, 5.41) is 3.49. The fraction of sp³-hybridized carbons (Fsp3) is 0.571. The molecule has 17 heavy (non-hydrogen) atoms. The van der Waals surface area contributed by atoms with Crippen LogP contribution in [0.4, 0.5) is 0 Å². The van der Waals surface area contributed by atoms with Crippen LogP contribution < -0.4 is 14.8 Å². The van der Waals surface area contributed by atoms with Gasteiger partial charge in [0, 0.05) is 5.56 Å². The molecule has 2 atom stereocenters. The zero-order valence-electron chi connectivity index (χ0n) is 10.8. The van der Waals surface area contributed by atoms with Crippen molar-refractivity contribution in [3.05, 3.63) is 23.8 Å². The first-order chi connectivity index (χ1) is 8.31. The summed E-state index contributed by atoms with van der Waals surface area (Å²) in [5.41, 5.74) is 1.23. The highest BCUT2D eigenvalue weighted by molar-refractivity contribution is 5.51. The Morgan fingerprint density at radius 3 is 2.76 bits per heavy atom. The van der Waals surface area contributed by atoms with Crippen molar-refractivity contribution < 1.29 is 9.47 Å². The first kappa shape index (κ1) is 12.2. The van der Waals surface area contributed by atoms with Crippen molar-refractivity contribution in [1.29, 1.82) is 0 Å². The van der Waals surface area contributed by atoms with Crippen molar-refractivity contribution in [3.8, 4) is 11.5 Å². The molecule has 0 fully saturated rings. The van der Waals surface area contributed by atoms with Crippen LogP contribution in [0.3, 0.4) is 0 Å². The zero-order valence-corrected chi connectivity index (χ0v) is 10.8. The summed E-state index contributed by atoms with van der Waals surface area (Å²) in [6.45, 7) is 7.89. The van der Waals surface area contributed by atoms with Crippen LogP contribution in [-0.2, 0) is 0 Å². The Morgan fingerprint density at radius 2 is 2.12 bits per heavy atom. The zero-order chi connectivity index (χ0) is 12.3. The summed E-state index contributed by atoms with van der Waals surface area (Å²) in [7, 11) is 0. The molecule has 0 aromatic heterocycles. The second-order valence-corrected chi connectivity index (χ2v) is 4.21. The molecule has 1 aliphatic rings. The lowest BCUT2D eigenvalue weighted by Gasteiger charge is -2.17. The molecule has 3 nitrogen and oxygen atoms in total. The van der Waals surface area contributed by atoms with Gasteiger partial charge in [-0.3, -0.25) is 0 Å². The van der Waals surface area contributed by atoms with Gasteiger partial charge in [0.05, 0.1) is 12.6 Å². The van der Waals surface area contributed by atoms with Gasteiger partial charge in [-0.2, -0.15) is 0 Å². The Hall–Kier alpha value is -1.22. The van der Waals surface area contributed by atoms with E-state index in [1.165, 1.54) is 5.56 Å². The maximum atomic E-state index is 6.02. The molecule has 0 bridgehead atoms. The van der Waals surface area contributed by atoms with E-state index in [9.17, 15) is 0 Å². The van der Waals surface area contributed by atoms with Gasteiger partial charge in [-0.25, -0.2) is 0 Å². The molecule has 0 saturated heterocycles. The van der Waals surface area contributed by atoms with Crippen LogP contribution in [0.2, 0.25) is 0 Å². The molecule has 0 saturated carbocycles. The molecule has 94 valence electrons. The molecular weight excluding hydrogens is 214 g/mol. The predicted octanol–water partition coefficient (Wildman–Crippen LogP) is 2.91. The smallest absolute Gasteiger partial charge is 0.166 e. The van der Waals surface area contributed by atoms with Gasteiger partial charge in [0.25, 0.3) is 0 Å². The summed E-state index contributed by atoms with van der Waals surface area (Å²) >= 11 is 0. The van der Waals surface area contributed by atoms with Crippen molar-refractivity contribution in [2.75, 3.05) is 13.2 Å². The fourth-order valence-corrected chi connectivity index (χ4v) is 2.37. The van der Waals surface area contributed by atoms with Crippen LogP contribution in [0.1, 0.15) is 38.8 Å². The number of benzene rings is 1. The van der Waals surface area contributed by atoms with E-state index in [-0.39, 0.29) is 6.10 Å². The second kappa shape index (κ2) is 5.41. The van der Waals surface area contributed by atoms with Crippen LogP contribution in [0.25, 0.3) is 0 Å². The molecule has 0 radical (unpaired) electrons. The van der Waals surface area contributed by atoms with Crippen molar-refractivity contribution in [1.82, 2.24) is 5.32 Å². The number of fused-ring (bicyclic) bond motifs is 1. The fourth-order valence-electron chi connectivity index (χ4n) is 2.37. The van der Waals surface area contributed by atoms with E-state index in [0.29, 0.717) is 12.6 Å². The first-order valence-electron chi connectivity index (χ1n) is 6.47. The molecule has 3 heteroatoms. The summed E-state index contributed by atoms with van der Waals surface area (Å²) in [5.74, 6) is 1.79. The molecule has 1 aromatic rings. The number of para-hydroxylation sites is 1. The highest BCUT2D eigenvalue weighted by Crippen LogP contribution is 2.43. The van der Waals surface area contributed by atoms with Gasteiger partial charge in [-0.05, 0) is 26.0 Å². The maximum absolute atomic E-state index is 6.02. The quantitative estimate of drug-likeness (QED) is 0.851. The molecule has 0 aliphatic carbocycles.